The minimum atomic E-state index is -3.61. The van der Waals surface area contributed by atoms with Gasteiger partial charge >= 0.3 is 6.61 Å². The van der Waals surface area contributed by atoms with E-state index in [-0.39, 0.29) is 61.5 Å². The fourth-order valence-electron chi connectivity index (χ4n) is 3.66. The molecule has 1 saturated heterocycles. The number of carbonyl (C=O) groups excluding carboxylic acids is 2. The van der Waals surface area contributed by atoms with Crippen LogP contribution in [0.4, 0.5) is 8.78 Å². The van der Waals surface area contributed by atoms with E-state index in [0.29, 0.717) is 5.56 Å². The molecule has 8 nitrogen and oxygen atoms in total. The fraction of sp³-hybridized carbons (Fsp3) is 0.391. The molecule has 2 amide bonds. The highest BCUT2D eigenvalue weighted by atomic mass is 32.2. The van der Waals surface area contributed by atoms with Gasteiger partial charge < -0.3 is 15.0 Å². The van der Waals surface area contributed by atoms with E-state index in [0.717, 1.165) is 0 Å². The van der Waals surface area contributed by atoms with Crippen LogP contribution in [0, 0.1) is 0 Å². The van der Waals surface area contributed by atoms with E-state index in [1.165, 1.54) is 28.6 Å². The lowest BCUT2D eigenvalue weighted by molar-refractivity contribution is -0.134. The zero-order valence-corrected chi connectivity index (χ0v) is 19.5. The second kappa shape index (κ2) is 11.4. The predicted molar refractivity (Wildman–Crippen MR) is 121 cm³/mol. The highest BCUT2D eigenvalue weighted by Gasteiger charge is 2.30. The second-order valence-corrected chi connectivity index (χ2v) is 9.78. The van der Waals surface area contributed by atoms with Gasteiger partial charge in [-0.15, -0.1) is 0 Å². The Hall–Kier alpha value is -3.05. The average Bonchev–Trinajstić information content (AvgIpc) is 2.83. The number of benzene rings is 2. The van der Waals surface area contributed by atoms with Gasteiger partial charge in [-0.3, -0.25) is 9.59 Å². The van der Waals surface area contributed by atoms with Crippen LogP contribution in [0.25, 0.3) is 0 Å². The van der Waals surface area contributed by atoms with Gasteiger partial charge in [0.15, 0.2) is 0 Å². The van der Waals surface area contributed by atoms with Gasteiger partial charge in [0.2, 0.25) is 21.8 Å². The molecular formula is C23H27F2N3O5S. The van der Waals surface area contributed by atoms with Crippen molar-refractivity contribution in [2.75, 3.05) is 26.2 Å². The zero-order chi connectivity index (χ0) is 24.7. The summed E-state index contributed by atoms with van der Waals surface area (Å²) in [6, 6.07) is 13.7. The Kier molecular flexibility index (Phi) is 8.56. The van der Waals surface area contributed by atoms with Crippen LogP contribution in [0.3, 0.4) is 0 Å². The minimum Gasteiger partial charge on any atom is -0.435 e. The number of alkyl halides is 2. The summed E-state index contributed by atoms with van der Waals surface area (Å²) < 4.78 is 55.9. The largest absolute Gasteiger partial charge is 0.435 e. The lowest BCUT2D eigenvalue weighted by atomic mass is 10.1. The molecule has 0 radical (unpaired) electrons. The maximum absolute atomic E-state index is 12.7. The van der Waals surface area contributed by atoms with E-state index in [9.17, 15) is 26.8 Å². The molecule has 1 aliphatic heterocycles. The molecule has 1 heterocycles. The molecule has 2 aromatic rings. The van der Waals surface area contributed by atoms with Gasteiger partial charge in [-0.05, 0) is 36.8 Å². The van der Waals surface area contributed by atoms with Crippen molar-refractivity contribution in [3.8, 4) is 5.75 Å². The van der Waals surface area contributed by atoms with Gasteiger partial charge in [-0.2, -0.15) is 13.1 Å². The average molecular weight is 496 g/mol. The number of piperazine rings is 1. The molecule has 1 aliphatic rings. The highest BCUT2D eigenvalue weighted by molar-refractivity contribution is 7.89. The SMILES string of the molecule is CC(NC(=O)CCC(=O)N1CCN(S(=O)(=O)c2ccccc2)CC1)c1cccc(OC(F)F)c1. The third kappa shape index (κ3) is 6.73. The second-order valence-electron chi connectivity index (χ2n) is 7.84. The third-order valence-corrected chi connectivity index (χ3v) is 7.41. The molecule has 184 valence electrons. The Bertz CT molecular complexity index is 1090. The lowest BCUT2D eigenvalue weighted by Crippen LogP contribution is -2.50. The topological polar surface area (TPSA) is 96.0 Å². The van der Waals surface area contributed by atoms with Crippen molar-refractivity contribution in [2.45, 2.75) is 37.3 Å². The summed E-state index contributed by atoms with van der Waals surface area (Å²) in [6.07, 6.45) is -0.0581. The standard InChI is InChI=1S/C23H27F2N3O5S/c1-17(18-6-5-7-19(16-18)33-23(24)25)26-21(29)10-11-22(30)27-12-14-28(15-13-27)34(31,32)20-8-3-2-4-9-20/h2-9,16-17,23H,10-15H2,1H3,(H,26,29). The van der Waals surface area contributed by atoms with E-state index in [1.807, 2.05) is 0 Å². The molecular weight excluding hydrogens is 468 g/mol. The van der Waals surface area contributed by atoms with Crippen LogP contribution < -0.4 is 10.1 Å². The molecule has 0 aromatic heterocycles. The number of rotatable bonds is 9. The van der Waals surface area contributed by atoms with Crippen LogP contribution >= 0.6 is 0 Å². The van der Waals surface area contributed by atoms with Crippen molar-refractivity contribution >= 4 is 21.8 Å². The maximum Gasteiger partial charge on any atom is 0.387 e. The first kappa shape index (κ1) is 25.6. The quantitative estimate of drug-likeness (QED) is 0.577. The maximum atomic E-state index is 12.7. The number of nitrogens with zero attached hydrogens (tertiary/aromatic N) is 2. The molecule has 1 atom stereocenters. The van der Waals surface area contributed by atoms with Crippen molar-refractivity contribution in [3.63, 3.8) is 0 Å². The molecule has 0 spiro atoms. The highest BCUT2D eigenvalue weighted by Crippen LogP contribution is 2.21. The first-order valence-corrected chi connectivity index (χ1v) is 12.3. The number of ether oxygens (including phenoxy) is 1. The number of halogens is 2. The fourth-order valence-corrected chi connectivity index (χ4v) is 5.10. The van der Waals surface area contributed by atoms with E-state index in [2.05, 4.69) is 10.1 Å². The summed E-state index contributed by atoms with van der Waals surface area (Å²) in [5, 5.41) is 2.74. The van der Waals surface area contributed by atoms with E-state index < -0.39 is 22.7 Å². The van der Waals surface area contributed by atoms with Crippen LogP contribution in [0.15, 0.2) is 59.5 Å². The molecule has 2 aromatic carbocycles. The monoisotopic (exact) mass is 495 g/mol. The summed E-state index contributed by atoms with van der Waals surface area (Å²) in [7, 11) is -3.61. The van der Waals surface area contributed by atoms with E-state index in [1.54, 1.807) is 42.2 Å². The first-order chi connectivity index (χ1) is 16.2. The van der Waals surface area contributed by atoms with Crippen molar-refractivity contribution < 1.29 is 31.5 Å². The summed E-state index contributed by atoms with van der Waals surface area (Å²) in [5.74, 6) is -0.588. The Morgan fingerprint density at radius 3 is 2.32 bits per heavy atom. The Labute approximate surface area is 197 Å². The normalized spacial score (nSPS) is 15.7. The summed E-state index contributed by atoms with van der Waals surface area (Å²) in [6.45, 7) is -0.369. The van der Waals surface area contributed by atoms with E-state index in [4.69, 9.17) is 0 Å². The van der Waals surface area contributed by atoms with Crippen LogP contribution in [0.5, 0.6) is 5.75 Å². The molecule has 11 heteroatoms. The van der Waals surface area contributed by atoms with Crippen LogP contribution in [-0.2, 0) is 19.6 Å². The summed E-state index contributed by atoms with van der Waals surface area (Å²) in [4.78, 5) is 26.6. The predicted octanol–water partition coefficient (Wildman–Crippen LogP) is 2.78. The molecule has 1 N–H and O–H groups in total. The molecule has 3 rings (SSSR count). The Morgan fingerprint density at radius 1 is 1.00 bits per heavy atom. The van der Waals surface area contributed by atoms with Crippen molar-refractivity contribution in [2.24, 2.45) is 0 Å². The van der Waals surface area contributed by atoms with Crippen molar-refractivity contribution in [1.29, 1.82) is 0 Å². The Morgan fingerprint density at radius 2 is 1.68 bits per heavy atom. The molecule has 1 fully saturated rings. The Balaban J connectivity index is 1.45. The molecule has 0 saturated carbocycles. The van der Waals surface area contributed by atoms with E-state index >= 15 is 0 Å². The van der Waals surface area contributed by atoms with Crippen LogP contribution in [0.2, 0.25) is 0 Å². The molecule has 0 bridgehead atoms. The summed E-state index contributed by atoms with van der Waals surface area (Å²) >= 11 is 0. The minimum absolute atomic E-state index is 0.00259. The van der Waals surface area contributed by atoms with Gasteiger partial charge in [0.25, 0.3) is 0 Å². The number of nitrogens with one attached hydrogen (secondary N) is 1. The first-order valence-electron chi connectivity index (χ1n) is 10.8. The number of hydrogen-bond donors (Lipinski definition) is 1. The van der Waals surface area contributed by atoms with Gasteiger partial charge in [0.05, 0.1) is 10.9 Å². The molecule has 34 heavy (non-hydrogen) atoms. The van der Waals surface area contributed by atoms with Crippen molar-refractivity contribution in [1.82, 2.24) is 14.5 Å². The third-order valence-electron chi connectivity index (χ3n) is 5.50. The lowest BCUT2D eigenvalue weighted by Gasteiger charge is -2.34. The number of amides is 2. The van der Waals surface area contributed by atoms with Gasteiger partial charge in [0.1, 0.15) is 5.75 Å². The number of hydrogen-bond acceptors (Lipinski definition) is 5. The van der Waals surface area contributed by atoms with Gasteiger partial charge in [-0.1, -0.05) is 30.3 Å². The van der Waals surface area contributed by atoms with Gasteiger partial charge in [-0.25, -0.2) is 8.42 Å². The summed E-state index contributed by atoms with van der Waals surface area (Å²) in [5.41, 5.74) is 0.591. The molecule has 1 unspecified atom stereocenters. The molecule has 0 aliphatic carbocycles. The van der Waals surface area contributed by atoms with Crippen LogP contribution in [-0.4, -0.2) is 62.2 Å². The van der Waals surface area contributed by atoms with Crippen LogP contribution in [0.1, 0.15) is 31.4 Å². The number of carbonyl (C=O) groups is 2. The van der Waals surface area contributed by atoms with Gasteiger partial charge in [0, 0.05) is 39.0 Å². The zero-order valence-electron chi connectivity index (χ0n) is 18.7. The van der Waals surface area contributed by atoms with Crippen molar-refractivity contribution in [3.05, 3.63) is 60.2 Å². The number of sulfonamides is 1. The smallest absolute Gasteiger partial charge is 0.387 e.